The Hall–Kier alpha value is -1.17. The summed E-state index contributed by atoms with van der Waals surface area (Å²) in [6, 6.07) is 6.33. The second-order valence-corrected chi connectivity index (χ2v) is 5.23. The Bertz CT molecular complexity index is 457. The fraction of sp³-hybridized carbons (Fsp3) is 0.417. The van der Waals surface area contributed by atoms with E-state index in [1.807, 2.05) is 0 Å². The largest absolute Gasteiger partial charge is 0.314 e. The summed E-state index contributed by atoms with van der Waals surface area (Å²) < 4.78 is 0. The molecule has 17 heavy (non-hydrogen) atoms. The van der Waals surface area contributed by atoms with E-state index in [0.717, 1.165) is 38.4 Å². The summed E-state index contributed by atoms with van der Waals surface area (Å²) in [6.07, 6.45) is 0. The predicted octanol–water partition coefficient (Wildman–Crippen LogP) is 1.54. The zero-order valence-corrected chi connectivity index (χ0v) is 10.5. The van der Waals surface area contributed by atoms with Crippen molar-refractivity contribution in [3.8, 4) is 10.6 Å². The Kier molecular flexibility index (Phi) is 3.22. The summed E-state index contributed by atoms with van der Waals surface area (Å²) >= 11 is 1.73. The molecule has 0 radical (unpaired) electrons. The van der Waals surface area contributed by atoms with Crippen LogP contribution >= 0.6 is 11.3 Å². The monoisotopic (exact) mass is 248 g/mol. The molecule has 4 nitrogen and oxygen atoms in total. The van der Waals surface area contributed by atoms with E-state index in [2.05, 4.69) is 44.0 Å². The van der Waals surface area contributed by atoms with Crippen LogP contribution in [0.4, 0.5) is 0 Å². The van der Waals surface area contributed by atoms with Crippen LogP contribution in [-0.4, -0.2) is 41.3 Å². The molecule has 3 rings (SSSR count). The van der Waals surface area contributed by atoms with Gasteiger partial charge in [0.05, 0.1) is 4.88 Å². The molecule has 2 aromatic rings. The number of piperazine rings is 1. The third kappa shape index (κ3) is 2.57. The lowest BCUT2D eigenvalue weighted by Crippen LogP contribution is -2.42. The lowest BCUT2D eigenvalue weighted by atomic mass is 10.3. The Morgan fingerprint density at radius 1 is 1.35 bits per heavy atom. The topological polar surface area (TPSA) is 44.0 Å². The molecule has 0 spiro atoms. The second-order valence-electron chi connectivity index (χ2n) is 4.28. The Morgan fingerprint density at radius 3 is 3.00 bits per heavy atom. The van der Waals surface area contributed by atoms with Gasteiger partial charge in [-0.1, -0.05) is 6.07 Å². The molecule has 1 aliphatic rings. The molecule has 0 amide bonds. The van der Waals surface area contributed by atoms with E-state index in [0.29, 0.717) is 0 Å². The minimum Gasteiger partial charge on any atom is -0.314 e. The zero-order chi connectivity index (χ0) is 11.5. The maximum Gasteiger partial charge on any atom is 0.102 e. The molecule has 1 aliphatic heterocycles. The molecule has 2 aromatic heterocycles. The van der Waals surface area contributed by atoms with Crippen LogP contribution in [0.3, 0.4) is 0 Å². The first-order chi connectivity index (χ1) is 8.42. The quantitative estimate of drug-likeness (QED) is 0.866. The van der Waals surface area contributed by atoms with Crippen LogP contribution in [0.1, 0.15) is 5.69 Å². The van der Waals surface area contributed by atoms with Crippen molar-refractivity contribution < 1.29 is 0 Å². The van der Waals surface area contributed by atoms with Crippen molar-refractivity contribution in [2.45, 2.75) is 6.54 Å². The highest BCUT2D eigenvalue weighted by Gasteiger charge is 2.12. The number of hydrogen-bond acceptors (Lipinski definition) is 4. The van der Waals surface area contributed by atoms with Crippen LogP contribution in [0, 0.1) is 0 Å². The number of H-pyrrole nitrogens is 1. The van der Waals surface area contributed by atoms with Crippen molar-refractivity contribution in [3.05, 3.63) is 29.3 Å². The van der Waals surface area contributed by atoms with Gasteiger partial charge in [0, 0.05) is 38.4 Å². The van der Waals surface area contributed by atoms with Gasteiger partial charge in [-0.2, -0.15) is 5.10 Å². The van der Waals surface area contributed by atoms with E-state index in [1.165, 1.54) is 10.6 Å². The highest BCUT2D eigenvalue weighted by atomic mass is 32.1. The van der Waals surface area contributed by atoms with E-state index in [9.17, 15) is 0 Å². The van der Waals surface area contributed by atoms with Crippen molar-refractivity contribution in [1.82, 2.24) is 20.4 Å². The molecule has 1 saturated heterocycles. The molecule has 0 aliphatic carbocycles. The van der Waals surface area contributed by atoms with Gasteiger partial charge in [-0.15, -0.1) is 11.3 Å². The summed E-state index contributed by atoms with van der Waals surface area (Å²) in [5, 5.41) is 12.9. The standard InChI is InChI=1S/C12H16N4S/c1-2-12(17-7-1)11-8-10(14-15-11)9-16-5-3-13-4-6-16/h1-2,7-8,13H,3-6,9H2,(H,14,15). The lowest BCUT2D eigenvalue weighted by molar-refractivity contribution is 0.230. The fourth-order valence-corrected chi connectivity index (χ4v) is 2.79. The van der Waals surface area contributed by atoms with E-state index >= 15 is 0 Å². The van der Waals surface area contributed by atoms with Gasteiger partial charge in [-0.3, -0.25) is 10.00 Å². The van der Waals surface area contributed by atoms with Crippen LogP contribution in [-0.2, 0) is 6.54 Å². The Balaban J connectivity index is 1.68. The summed E-state index contributed by atoms with van der Waals surface area (Å²) in [6.45, 7) is 5.39. The van der Waals surface area contributed by atoms with Crippen LogP contribution in [0.5, 0.6) is 0 Å². The van der Waals surface area contributed by atoms with Gasteiger partial charge in [-0.05, 0) is 17.5 Å². The summed E-state index contributed by atoms with van der Waals surface area (Å²) in [5.41, 5.74) is 2.26. The molecule has 0 unspecified atom stereocenters. The first-order valence-corrected chi connectivity index (χ1v) is 6.81. The Morgan fingerprint density at radius 2 is 2.24 bits per heavy atom. The van der Waals surface area contributed by atoms with Gasteiger partial charge in [0.25, 0.3) is 0 Å². The number of hydrogen-bond donors (Lipinski definition) is 2. The number of thiophene rings is 1. The molecule has 1 fully saturated rings. The predicted molar refractivity (Wildman–Crippen MR) is 70.0 cm³/mol. The molecule has 90 valence electrons. The maximum absolute atomic E-state index is 4.37. The van der Waals surface area contributed by atoms with Crippen LogP contribution < -0.4 is 5.32 Å². The molecule has 0 bridgehead atoms. The second kappa shape index (κ2) is 5.00. The van der Waals surface area contributed by atoms with Crippen molar-refractivity contribution in [2.24, 2.45) is 0 Å². The zero-order valence-electron chi connectivity index (χ0n) is 9.65. The lowest BCUT2D eigenvalue weighted by Gasteiger charge is -2.26. The number of aromatic amines is 1. The molecule has 5 heteroatoms. The SMILES string of the molecule is c1csc(-c2cc(CN3CCNCC3)[nH]n2)c1. The van der Waals surface area contributed by atoms with E-state index in [-0.39, 0.29) is 0 Å². The number of nitrogens with one attached hydrogen (secondary N) is 2. The molecule has 0 atom stereocenters. The van der Waals surface area contributed by atoms with Crippen LogP contribution in [0.15, 0.2) is 23.6 Å². The van der Waals surface area contributed by atoms with Gasteiger partial charge in [0.15, 0.2) is 0 Å². The molecule has 2 N–H and O–H groups in total. The molecule has 3 heterocycles. The average molecular weight is 248 g/mol. The van der Waals surface area contributed by atoms with Crippen LogP contribution in [0.25, 0.3) is 10.6 Å². The molecular weight excluding hydrogens is 232 g/mol. The van der Waals surface area contributed by atoms with Gasteiger partial charge in [0.2, 0.25) is 0 Å². The first kappa shape index (κ1) is 11.0. The van der Waals surface area contributed by atoms with Gasteiger partial charge < -0.3 is 5.32 Å². The van der Waals surface area contributed by atoms with E-state index in [1.54, 1.807) is 11.3 Å². The van der Waals surface area contributed by atoms with E-state index < -0.39 is 0 Å². The average Bonchev–Trinajstić information content (AvgIpc) is 3.00. The smallest absolute Gasteiger partial charge is 0.102 e. The Labute approximate surface area is 105 Å². The fourth-order valence-electron chi connectivity index (χ4n) is 2.10. The first-order valence-electron chi connectivity index (χ1n) is 5.93. The van der Waals surface area contributed by atoms with Crippen molar-refractivity contribution in [2.75, 3.05) is 26.2 Å². The normalized spacial score (nSPS) is 17.4. The van der Waals surface area contributed by atoms with Crippen LogP contribution in [0.2, 0.25) is 0 Å². The van der Waals surface area contributed by atoms with Gasteiger partial charge >= 0.3 is 0 Å². The number of aromatic nitrogens is 2. The van der Waals surface area contributed by atoms with Gasteiger partial charge in [-0.25, -0.2) is 0 Å². The molecule has 0 aromatic carbocycles. The van der Waals surface area contributed by atoms with Gasteiger partial charge in [0.1, 0.15) is 5.69 Å². The van der Waals surface area contributed by atoms with Crippen molar-refractivity contribution in [1.29, 1.82) is 0 Å². The maximum atomic E-state index is 4.37. The summed E-state index contributed by atoms with van der Waals surface area (Å²) in [4.78, 5) is 3.68. The summed E-state index contributed by atoms with van der Waals surface area (Å²) in [7, 11) is 0. The molecule has 0 saturated carbocycles. The third-order valence-electron chi connectivity index (χ3n) is 3.01. The number of rotatable bonds is 3. The summed E-state index contributed by atoms with van der Waals surface area (Å²) in [5.74, 6) is 0. The van der Waals surface area contributed by atoms with Crippen molar-refractivity contribution in [3.63, 3.8) is 0 Å². The highest BCUT2D eigenvalue weighted by Crippen LogP contribution is 2.23. The van der Waals surface area contributed by atoms with Crippen molar-refractivity contribution >= 4 is 11.3 Å². The highest BCUT2D eigenvalue weighted by molar-refractivity contribution is 7.13. The number of nitrogens with zero attached hydrogens (tertiary/aromatic N) is 2. The minimum atomic E-state index is 0.972. The van der Waals surface area contributed by atoms with E-state index in [4.69, 9.17) is 0 Å². The third-order valence-corrected chi connectivity index (χ3v) is 3.90. The molecular formula is C12H16N4S. The minimum absolute atomic E-state index is 0.972.